The van der Waals surface area contributed by atoms with Crippen LogP contribution in [0.15, 0.2) is 54.9 Å². The number of nitrogens with zero attached hydrogens (tertiary/aromatic N) is 4. The maximum Gasteiger partial charge on any atom is 0.322 e. The fraction of sp³-hybridized carbons (Fsp3) is 0.143. The fourth-order valence-corrected chi connectivity index (χ4v) is 3.64. The molecule has 2 amide bonds. The highest BCUT2D eigenvalue weighted by molar-refractivity contribution is 5.99. The summed E-state index contributed by atoms with van der Waals surface area (Å²) in [5.41, 5.74) is 6.79. The van der Waals surface area contributed by atoms with E-state index in [1.807, 2.05) is 29.2 Å². The van der Waals surface area contributed by atoms with E-state index in [0.29, 0.717) is 13.1 Å². The molecule has 1 aliphatic rings. The topological polar surface area (TPSA) is 86.8 Å². The van der Waals surface area contributed by atoms with E-state index in [1.54, 1.807) is 12.4 Å². The Morgan fingerprint density at radius 3 is 2.89 bits per heavy atom. The number of fused-ring (bicyclic) bond motifs is 2. The summed E-state index contributed by atoms with van der Waals surface area (Å²) in [6.45, 7) is 3.17. The van der Waals surface area contributed by atoms with E-state index in [2.05, 4.69) is 50.8 Å². The maximum absolute atomic E-state index is 12.6. The molecule has 0 fully saturated rings. The number of hydrogen-bond acceptors (Lipinski definition) is 4. The molecule has 0 saturated carbocycles. The lowest BCUT2D eigenvalue weighted by Gasteiger charge is -2.29. The van der Waals surface area contributed by atoms with Gasteiger partial charge in [0.05, 0.1) is 17.9 Å². The predicted molar refractivity (Wildman–Crippen MR) is 107 cm³/mol. The minimum atomic E-state index is -0.0913. The second kappa shape index (κ2) is 6.45. The number of carbonyl (C=O) groups is 1. The van der Waals surface area contributed by atoms with Crippen molar-refractivity contribution in [2.24, 2.45) is 0 Å². The predicted octanol–water partition coefficient (Wildman–Crippen LogP) is 3.88. The van der Waals surface area contributed by atoms with Crippen LogP contribution in [-0.4, -0.2) is 31.3 Å². The zero-order valence-corrected chi connectivity index (χ0v) is 15.3. The third kappa shape index (κ3) is 2.87. The van der Waals surface area contributed by atoms with Gasteiger partial charge in [0.1, 0.15) is 5.69 Å². The molecule has 7 nitrogen and oxygen atoms in total. The van der Waals surface area contributed by atoms with E-state index in [9.17, 15) is 4.79 Å². The molecule has 0 atom stereocenters. The zero-order valence-electron chi connectivity index (χ0n) is 15.3. The summed E-state index contributed by atoms with van der Waals surface area (Å²) in [5.74, 6) is 0. The van der Waals surface area contributed by atoms with Crippen molar-refractivity contribution in [3.8, 4) is 11.3 Å². The normalized spacial score (nSPS) is 13.5. The first-order chi connectivity index (χ1) is 13.7. The van der Waals surface area contributed by atoms with Crippen LogP contribution in [0.5, 0.6) is 0 Å². The summed E-state index contributed by atoms with van der Waals surface area (Å²) in [5, 5.41) is 19.2. The molecule has 7 heteroatoms. The van der Waals surface area contributed by atoms with Crippen LogP contribution < -0.4 is 5.32 Å². The van der Waals surface area contributed by atoms with Gasteiger partial charge in [-0.2, -0.15) is 15.3 Å². The van der Waals surface area contributed by atoms with Crippen LogP contribution in [0.3, 0.4) is 0 Å². The number of H-pyrrole nitrogens is 1. The molecular formula is C21H18N6O. The molecule has 138 valence electrons. The molecule has 28 heavy (non-hydrogen) atoms. The number of aryl methyl sites for hydroxylation is 1. The van der Waals surface area contributed by atoms with Crippen molar-refractivity contribution in [2.45, 2.75) is 20.0 Å². The van der Waals surface area contributed by atoms with Gasteiger partial charge in [0.2, 0.25) is 0 Å². The first-order valence-electron chi connectivity index (χ1n) is 9.07. The lowest BCUT2D eigenvalue weighted by Crippen LogP contribution is -2.38. The molecule has 0 bridgehead atoms. The Morgan fingerprint density at radius 2 is 2.07 bits per heavy atom. The quantitative estimate of drug-likeness (QED) is 0.573. The number of amides is 2. The van der Waals surface area contributed by atoms with Crippen molar-refractivity contribution in [3.63, 3.8) is 0 Å². The molecule has 2 N–H and O–H groups in total. The van der Waals surface area contributed by atoms with Crippen LogP contribution in [0.2, 0.25) is 0 Å². The minimum absolute atomic E-state index is 0.0913. The molecule has 3 heterocycles. The molecule has 1 aliphatic heterocycles. The van der Waals surface area contributed by atoms with Crippen LogP contribution in [0.1, 0.15) is 16.7 Å². The van der Waals surface area contributed by atoms with Gasteiger partial charge in [0, 0.05) is 29.7 Å². The SMILES string of the molecule is Cc1cccc(CN2Cc3cc4c(-c5ccnnc5)n[nH]c4cc3NC2=O)c1. The van der Waals surface area contributed by atoms with Crippen molar-refractivity contribution in [3.05, 3.63) is 71.5 Å². The number of rotatable bonds is 3. The fourth-order valence-electron chi connectivity index (χ4n) is 3.64. The van der Waals surface area contributed by atoms with E-state index in [4.69, 9.17) is 0 Å². The Kier molecular flexibility index (Phi) is 3.79. The number of aromatic amines is 1. The first kappa shape index (κ1) is 16.4. The van der Waals surface area contributed by atoms with E-state index in [1.165, 1.54) is 5.56 Å². The third-order valence-electron chi connectivity index (χ3n) is 4.99. The molecule has 2 aromatic carbocycles. The molecule has 0 radical (unpaired) electrons. The second-order valence-corrected chi connectivity index (χ2v) is 7.03. The Bertz CT molecular complexity index is 1180. The van der Waals surface area contributed by atoms with Crippen LogP contribution in [0, 0.1) is 6.92 Å². The van der Waals surface area contributed by atoms with Crippen LogP contribution in [0.25, 0.3) is 22.2 Å². The van der Waals surface area contributed by atoms with Gasteiger partial charge < -0.3 is 10.2 Å². The highest BCUT2D eigenvalue weighted by Gasteiger charge is 2.24. The third-order valence-corrected chi connectivity index (χ3v) is 4.99. The molecule has 0 spiro atoms. The molecule has 0 aliphatic carbocycles. The van der Waals surface area contributed by atoms with Crippen molar-refractivity contribution < 1.29 is 4.79 Å². The standard InChI is InChI=1S/C21H18N6O/c1-13-3-2-4-14(7-13)11-27-12-16-8-17-19(9-18(16)24-21(27)28)25-26-20(17)15-5-6-22-23-10-15/h2-10H,11-12H2,1H3,(H,24,28)(H,25,26). The minimum Gasteiger partial charge on any atom is -0.316 e. The van der Waals surface area contributed by atoms with E-state index >= 15 is 0 Å². The van der Waals surface area contributed by atoms with Crippen LogP contribution in [0.4, 0.5) is 10.5 Å². The summed E-state index contributed by atoms with van der Waals surface area (Å²) in [4.78, 5) is 14.4. The van der Waals surface area contributed by atoms with E-state index < -0.39 is 0 Å². The highest BCUT2D eigenvalue weighted by Crippen LogP contribution is 2.33. The zero-order chi connectivity index (χ0) is 19.1. The lowest BCUT2D eigenvalue weighted by molar-refractivity contribution is 0.204. The number of carbonyl (C=O) groups excluding carboxylic acids is 1. The summed E-state index contributed by atoms with van der Waals surface area (Å²) in [7, 11) is 0. The highest BCUT2D eigenvalue weighted by atomic mass is 16.2. The summed E-state index contributed by atoms with van der Waals surface area (Å²) >= 11 is 0. The largest absolute Gasteiger partial charge is 0.322 e. The average molecular weight is 370 g/mol. The second-order valence-electron chi connectivity index (χ2n) is 7.03. The van der Waals surface area contributed by atoms with E-state index in [-0.39, 0.29) is 6.03 Å². The van der Waals surface area contributed by atoms with Gasteiger partial charge in [-0.25, -0.2) is 4.79 Å². The van der Waals surface area contributed by atoms with Crippen molar-refractivity contribution >= 4 is 22.6 Å². The number of anilines is 1. The molecule has 2 aromatic heterocycles. The van der Waals surface area contributed by atoms with Crippen LogP contribution in [-0.2, 0) is 13.1 Å². The Morgan fingerprint density at radius 1 is 1.14 bits per heavy atom. The van der Waals surface area contributed by atoms with E-state index in [0.717, 1.165) is 39.0 Å². The van der Waals surface area contributed by atoms with Gasteiger partial charge >= 0.3 is 6.03 Å². The molecule has 5 rings (SSSR count). The molecule has 4 aromatic rings. The maximum atomic E-state index is 12.6. The van der Waals surface area contributed by atoms with Gasteiger partial charge in [-0.15, -0.1) is 0 Å². The molecule has 0 saturated heterocycles. The van der Waals surface area contributed by atoms with Gasteiger partial charge in [0.25, 0.3) is 0 Å². The Labute approximate surface area is 161 Å². The summed E-state index contributed by atoms with van der Waals surface area (Å²) in [6.07, 6.45) is 3.35. The number of urea groups is 1. The smallest absolute Gasteiger partial charge is 0.316 e. The van der Waals surface area contributed by atoms with Crippen molar-refractivity contribution in [1.82, 2.24) is 25.3 Å². The number of benzene rings is 2. The first-order valence-corrected chi connectivity index (χ1v) is 9.07. The van der Waals surface area contributed by atoms with Gasteiger partial charge in [-0.3, -0.25) is 5.10 Å². The Hall–Kier alpha value is -3.74. The summed E-state index contributed by atoms with van der Waals surface area (Å²) < 4.78 is 0. The number of hydrogen-bond donors (Lipinski definition) is 2. The number of nitrogens with one attached hydrogen (secondary N) is 2. The summed E-state index contributed by atoms with van der Waals surface area (Å²) in [6, 6.07) is 14.1. The average Bonchev–Trinajstić information content (AvgIpc) is 3.10. The van der Waals surface area contributed by atoms with Gasteiger partial charge in [-0.1, -0.05) is 29.8 Å². The molecule has 0 unspecified atom stereocenters. The van der Waals surface area contributed by atoms with Crippen molar-refractivity contribution in [2.75, 3.05) is 5.32 Å². The van der Waals surface area contributed by atoms with Gasteiger partial charge in [0.15, 0.2) is 0 Å². The van der Waals surface area contributed by atoms with Gasteiger partial charge in [-0.05, 0) is 36.2 Å². The van der Waals surface area contributed by atoms with Crippen molar-refractivity contribution in [1.29, 1.82) is 0 Å². The lowest BCUT2D eigenvalue weighted by atomic mass is 10.0. The Balaban J connectivity index is 1.51. The number of aromatic nitrogens is 4. The molecular weight excluding hydrogens is 352 g/mol. The van der Waals surface area contributed by atoms with Crippen LogP contribution >= 0.6 is 0 Å². The monoisotopic (exact) mass is 370 g/mol.